The van der Waals surface area contributed by atoms with Crippen LogP contribution in [0, 0.1) is 13.8 Å². The van der Waals surface area contributed by atoms with Crippen molar-refractivity contribution in [2.24, 2.45) is 5.10 Å². The largest absolute Gasteiger partial charge is 0.493 e. The third-order valence-corrected chi connectivity index (χ3v) is 3.99. The lowest BCUT2D eigenvalue weighted by atomic mass is 10.2. The SMILES string of the molecule is CCCCOc1ccc(/C=N\n2cnnc2-n2nc(C)cc2C)cc1OC. The molecule has 0 saturated carbocycles. The van der Waals surface area contributed by atoms with Crippen LogP contribution in [0.2, 0.25) is 0 Å². The molecule has 0 aliphatic carbocycles. The van der Waals surface area contributed by atoms with Crippen LogP contribution in [0.25, 0.3) is 5.95 Å². The zero-order chi connectivity index (χ0) is 19.2. The van der Waals surface area contributed by atoms with Gasteiger partial charge in [0.15, 0.2) is 11.5 Å². The highest BCUT2D eigenvalue weighted by molar-refractivity contribution is 5.80. The fraction of sp³-hybridized carbons (Fsp3) is 0.368. The van der Waals surface area contributed by atoms with Crippen molar-refractivity contribution in [3.63, 3.8) is 0 Å². The highest BCUT2D eigenvalue weighted by atomic mass is 16.5. The second-order valence-electron chi connectivity index (χ2n) is 6.17. The number of hydrogen-bond donors (Lipinski definition) is 0. The molecule has 2 heterocycles. The Bertz CT molecular complexity index is 928. The minimum atomic E-state index is 0.531. The van der Waals surface area contributed by atoms with Crippen LogP contribution in [-0.2, 0) is 0 Å². The first-order chi connectivity index (χ1) is 13.1. The summed E-state index contributed by atoms with van der Waals surface area (Å²) in [5, 5.41) is 16.9. The van der Waals surface area contributed by atoms with Crippen molar-refractivity contribution in [1.29, 1.82) is 0 Å². The third kappa shape index (κ3) is 4.33. The van der Waals surface area contributed by atoms with Crippen LogP contribution >= 0.6 is 0 Å². The van der Waals surface area contributed by atoms with Crippen LogP contribution < -0.4 is 9.47 Å². The lowest BCUT2D eigenvalue weighted by Gasteiger charge is -2.10. The van der Waals surface area contributed by atoms with Gasteiger partial charge in [-0.15, -0.1) is 10.2 Å². The molecule has 3 rings (SSSR count). The average Bonchev–Trinajstić information content (AvgIpc) is 3.26. The van der Waals surface area contributed by atoms with E-state index in [1.54, 1.807) is 29.0 Å². The van der Waals surface area contributed by atoms with E-state index in [-0.39, 0.29) is 0 Å². The molecule has 0 radical (unpaired) electrons. The Morgan fingerprint density at radius 1 is 1.19 bits per heavy atom. The highest BCUT2D eigenvalue weighted by Gasteiger charge is 2.10. The van der Waals surface area contributed by atoms with Crippen molar-refractivity contribution in [3.8, 4) is 17.4 Å². The van der Waals surface area contributed by atoms with Crippen LogP contribution in [0.1, 0.15) is 36.7 Å². The molecule has 142 valence electrons. The van der Waals surface area contributed by atoms with E-state index < -0.39 is 0 Å². The summed E-state index contributed by atoms with van der Waals surface area (Å²) in [6.07, 6.45) is 5.36. The minimum absolute atomic E-state index is 0.531. The molecule has 2 aromatic heterocycles. The van der Waals surface area contributed by atoms with E-state index in [1.165, 1.54) is 0 Å². The number of rotatable bonds is 8. The van der Waals surface area contributed by atoms with E-state index in [0.29, 0.717) is 18.3 Å². The summed E-state index contributed by atoms with van der Waals surface area (Å²) in [6, 6.07) is 7.69. The molecule has 0 amide bonds. The van der Waals surface area contributed by atoms with E-state index in [9.17, 15) is 0 Å². The van der Waals surface area contributed by atoms with Crippen molar-refractivity contribution in [3.05, 3.63) is 47.5 Å². The Morgan fingerprint density at radius 3 is 2.74 bits per heavy atom. The van der Waals surface area contributed by atoms with Crippen molar-refractivity contribution >= 4 is 6.21 Å². The number of aryl methyl sites for hydroxylation is 2. The summed E-state index contributed by atoms with van der Waals surface area (Å²) < 4.78 is 14.5. The maximum Gasteiger partial charge on any atom is 0.273 e. The number of ether oxygens (including phenoxy) is 2. The summed E-state index contributed by atoms with van der Waals surface area (Å²) in [5.41, 5.74) is 2.75. The molecule has 0 N–H and O–H groups in total. The topological polar surface area (TPSA) is 79.4 Å². The zero-order valence-corrected chi connectivity index (χ0v) is 16.1. The molecule has 1 aromatic carbocycles. The number of methoxy groups -OCH3 is 1. The van der Waals surface area contributed by atoms with E-state index in [1.807, 2.05) is 38.1 Å². The highest BCUT2D eigenvalue weighted by Crippen LogP contribution is 2.27. The van der Waals surface area contributed by atoms with Crippen molar-refractivity contribution in [2.75, 3.05) is 13.7 Å². The minimum Gasteiger partial charge on any atom is -0.493 e. The molecule has 0 aliphatic rings. The van der Waals surface area contributed by atoms with Gasteiger partial charge in [-0.25, -0.2) is 4.68 Å². The van der Waals surface area contributed by atoms with Gasteiger partial charge in [-0.05, 0) is 50.1 Å². The van der Waals surface area contributed by atoms with Gasteiger partial charge in [-0.1, -0.05) is 13.3 Å². The van der Waals surface area contributed by atoms with Crippen LogP contribution in [0.3, 0.4) is 0 Å². The first-order valence-corrected chi connectivity index (χ1v) is 8.91. The normalized spacial score (nSPS) is 11.3. The monoisotopic (exact) mass is 368 g/mol. The molecule has 0 fully saturated rings. The molecule has 3 aromatic rings. The van der Waals surface area contributed by atoms with E-state index in [4.69, 9.17) is 9.47 Å². The maximum absolute atomic E-state index is 5.76. The molecule has 0 aliphatic heterocycles. The van der Waals surface area contributed by atoms with Crippen molar-refractivity contribution in [2.45, 2.75) is 33.6 Å². The quantitative estimate of drug-likeness (QED) is 0.451. The predicted molar refractivity (Wildman–Crippen MR) is 103 cm³/mol. The smallest absolute Gasteiger partial charge is 0.273 e. The molecular formula is C19H24N6O2. The Morgan fingerprint density at radius 2 is 2.04 bits per heavy atom. The fourth-order valence-electron chi connectivity index (χ4n) is 2.62. The number of hydrogen-bond acceptors (Lipinski definition) is 6. The van der Waals surface area contributed by atoms with Crippen LogP contribution in [-0.4, -0.2) is 44.6 Å². The summed E-state index contributed by atoms with van der Waals surface area (Å²) in [5.74, 6) is 1.94. The molecule has 0 bridgehead atoms. The van der Waals surface area contributed by atoms with Crippen molar-refractivity contribution in [1.82, 2.24) is 24.7 Å². The van der Waals surface area contributed by atoms with Gasteiger partial charge in [0.1, 0.15) is 6.33 Å². The van der Waals surface area contributed by atoms with Crippen molar-refractivity contribution < 1.29 is 9.47 Å². The van der Waals surface area contributed by atoms with Gasteiger partial charge >= 0.3 is 0 Å². The van der Waals surface area contributed by atoms with E-state index in [2.05, 4.69) is 27.3 Å². The Labute approximate surface area is 158 Å². The molecular weight excluding hydrogens is 344 g/mol. The molecule has 0 atom stereocenters. The Balaban J connectivity index is 1.81. The maximum atomic E-state index is 5.76. The molecule has 0 spiro atoms. The average molecular weight is 368 g/mol. The fourth-order valence-corrected chi connectivity index (χ4v) is 2.62. The van der Waals surface area contributed by atoms with Gasteiger partial charge in [-0.3, -0.25) is 0 Å². The standard InChI is InChI=1S/C19H24N6O2/c1-5-6-9-27-17-8-7-16(11-18(17)26-4)12-21-24-13-20-22-19(24)25-15(3)10-14(2)23-25/h7-8,10-13H,5-6,9H2,1-4H3/b21-12-. The van der Waals surface area contributed by atoms with E-state index >= 15 is 0 Å². The summed E-state index contributed by atoms with van der Waals surface area (Å²) in [4.78, 5) is 0. The molecule has 0 unspecified atom stereocenters. The number of benzene rings is 1. The second kappa shape index (κ2) is 8.48. The third-order valence-electron chi connectivity index (χ3n) is 3.99. The van der Waals surface area contributed by atoms with Crippen LogP contribution in [0.4, 0.5) is 0 Å². The molecule has 0 saturated heterocycles. The lowest BCUT2D eigenvalue weighted by molar-refractivity contribution is 0.288. The van der Waals surface area contributed by atoms with Gasteiger partial charge < -0.3 is 9.47 Å². The molecule has 8 heteroatoms. The summed E-state index contributed by atoms with van der Waals surface area (Å²) in [6.45, 7) is 6.70. The van der Waals surface area contributed by atoms with Gasteiger partial charge in [0.05, 0.1) is 25.6 Å². The first kappa shape index (κ1) is 18.6. The van der Waals surface area contributed by atoms with Gasteiger partial charge in [0.2, 0.25) is 0 Å². The number of unbranched alkanes of at least 4 members (excludes halogenated alkanes) is 1. The Hall–Kier alpha value is -3.16. The molecule has 27 heavy (non-hydrogen) atoms. The first-order valence-electron chi connectivity index (χ1n) is 8.91. The lowest BCUT2D eigenvalue weighted by Crippen LogP contribution is -2.06. The van der Waals surface area contributed by atoms with Gasteiger partial charge in [0.25, 0.3) is 5.95 Å². The summed E-state index contributed by atoms with van der Waals surface area (Å²) in [7, 11) is 1.63. The van der Waals surface area contributed by atoms with Crippen LogP contribution in [0.5, 0.6) is 11.5 Å². The second-order valence-corrected chi connectivity index (χ2v) is 6.17. The zero-order valence-electron chi connectivity index (χ0n) is 16.1. The Kier molecular flexibility index (Phi) is 5.85. The number of nitrogens with zero attached hydrogens (tertiary/aromatic N) is 6. The van der Waals surface area contributed by atoms with E-state index in [0.717, 1.165) is 35.5 Å². The summed E-state index contributed by atoms with van der Waals surface area (Å²) >= 11 is 0. The number of aromatic nitrogens is 5. The predicted octanol–water partition coefficient (Wildman–Crippen LogP) is 3.15. The van der Waals surface area contributed by atoms with Gasteiger partial charge in [-0.2, -0.15) is 14.9 Å². The van der Waals surface area contributed by atoms with Gasteiger partial charge in [0, 0.05) is 5.69 Å². The molecule has 8 nitrogen and oxygen atoms in total. The van der Waals surface area contributed by atoms with Crippen LogP contribution in [0.15, 0.2) is 35.7 Å².